The highest BCUT2D eigenvalue weighted by atomic mass is 16.5. The molecule has 0 bridgehead atoms. The zero-order valence-corrected chi connectivity index (χ0v) is 14.5. The molecule has 8 heteroatoms. The van der Waals surface area contributed by atoms with Crippen LogP contribution in [-0.4, -0.2) is 41.0 Å². The van der Waals surface area contributed by atoms with Crippen molar-refractivity contribution in [3.05, 3.63) is 42.2 Å². The first-order valence-electron chi connectivity index (χ1n) is 8.47. The molecule has 8 nitrogen and oxygen atoms in total. The Labute approximate surface area is 151 Å². The monoisotopic (exact) mass is 355 g/mol. The van der Waals surface area contributed by atoms with Gasteiger partial charge in [-0.05, 0) is 31.0 Å². The Morgan fingerprint density at radius 1 is 1.19 bits per heavy atom. The number of benzene rings is 1. The van der Waals surface area contributed by atoms with Crippen molar-refractivity contribution in [1.82, 2.24) is 9.97 Å². The van der Waals surface area contributed by atoms with E-state index in [1.807, 2.05) is 0 Å². The van der Waals surface area contributed by atoms with Crippen LogP contribution in [0.1, 0.15) is 30.1 Å². The van der Waals surface area contributed by atoms with Crippen molar-refractivity contribution < 1.29 is 14.3 Å². The molecule has 2 amide bonds. The maximum Gasteiger partial charge on any atom is 0.258 e. The van der Waals surface area contributed by atoms with E-state index in [1.165, 1.54) is 19.3 Å². The minimum Gasteiger partial charge on any atom is -0.376 e. The average molecular weight is 355 g/mol. The lowest BCUT2D eigenvalue weighted by Gasteiger charge is -2.11. The van der Waals surface area contributed by atoms with Gasteiger partial charge in [0.25, 0.3) is 5.91 Å². The van der Waals surface area contributed by atoms with E-state index in [0.717, 1.165) is 19.4 Å². The molecule has 1 aromatic heterocycles. The Bertz CT molecular complexity index is 773. The largest absolute Gasteiger partial charge is 0.376 e. The third-order valence-corrected chi connectivity index (χ3v) is 3.87. The lowest BCUT2D eigenvalue weighted by atomic mass is 10.2. The number of nitrogens with zero attached hydrogens (tertiary/aromatic N) is 2. The number of carbonyl (C=O) groups excluding carboxylic acids is 2. The molecule has 1 fully saturated rings. The van der Waals surface area contributed by atoms with E-state index in [-0.39, 0.29) is 17.9 Å². The molecule has 3 N–H and O–H groups in total. The van der Waals surface area contributed by atoms with Crippen LogP contribution < -0.4 is 16.0 Å². The van der Waals surface area contributed by atoms with Gasteiger partial charge in [0.2, 0.25) is 11.9 Å². The molecule has 1 aromatic carbocycles. The Morgan fingerprint density at radius 2 is 1.92 bits per heavy atom. The lowest BCUT2D eigenvalue weighted by molar-refractivity contribution is -0.114. The molecule has 0 spiro atoms. The van der Waals surface area contributed by atoms with Gasteiger partial charge in [-0.15, -0.1) is 0 Å². The van der Waals surface area contributed by atoms with Crippen LogP contribution in [0.2, 0.25) is 0 Å². The number of anilines is 3. The van der Waals surface area contributed by atoms with Gasteiger partial charge in [0, 0.05) is 43.8 Å². The standard InChI is InChI=1S/C18H21N5O3/c1-12(24)22-14-4-2-5-15(8-14)23-17(25)13-9-19-18(20-10-13)21-11-16-6-3-7-26-16/h2,4-5,8-10,16H,3,6-7,11H2,1H3,(H,22,24)(H,23,25)(H,19,20,21). The first kappa shape index (κ1) is 17.8. The van der Waals surface area contributed by atoms with Gasteiger partial charge >= 0.3 is 0 Å². The van der Waals surface area contributed by atoms with Gasteiger partial charge in [-0.1, -0.05) is 6.07 Å². The van der Waals surface area contributed by atoms with Crippen molar-refractivity contribution in [3.8, 4) is 0 Å². The molecular formula is C18H21N5O3. The third kappa shape index (κ3) is 5.00. The Kier molecular flexibility index (Phi) is 5.75. The van der Waals surface area contributed by atoms with E-state index in [0.29, 0.717) is 29.4 Å². The van der Waals surface area contributed by atoms with Crippen LogP contribution in [0.4, 0.5) is 17.3 Å². The van der Waals surface area contributed by atoms with E-state index >= 15 is 0 Å². The SMILES string of the molecule is CC(=O)Nc1cccc(NC(=O)c2cnc(NCC3CCCO3)nc2)c1. The maximum absolute atomic E-state index is 12.3. The molecule has 1 saturated heterocycles. The Morgan fingerprint density at radius 3 is 2.58 bits per heavy atom. The fourth-order valence-electron chi connectivity index (χ4n) is 2.63. The number of hydrogen-bond donors (Lipinski definition) is 3. The van der Waals surface area contributed by atoms with E-state index < -0.39 is 0 Å². The first-order chi connectivity index (χ1) is 12.6. The zero-order valence-electron chi connectivity index (χ0n) is 14.5. The minimum absolute atomic E-state index is 0.173. The average Bonchev–Trinajstić information content (AvgIpc) is 3.14. The van der Waals surface area contributed by atoms with Crippen LogP contribution in [0.25, 0.3) is 0 Å². The van der Waals surface area contributed by atoms with Gasteiger partial charge in [0.1, 0.15) is 0 Å². The molecule has 1 aliphatic rings. The van der Waals surface area contributed by atoms with Gasteiger partial charge in [-0.2, -0.15) is 0 Å². The molecule has 136 valence electrons. The van der Waals surface area contributed by atoms with Gasteiger partial charge in [-0.25, -0.2) is 9.97 Å². The van der Waals surface area contributed by atoms with Crippen LogP contribution in [0, 0.1) is 0 Å². The second-order valence-electron chi connectivity index (χ2n) is 6.03. The highest BCUT2D eigenvalue weighted by molar-refractivity contribution is 6.04. The molecule has 26 heavy (non-hydrogen) atoms. The van der Waals surface area contributed by atoms with E-state index in [9.17, 15) is 9.59 Å². The normalized spacial score (nSPS) is 16.1. The van der Waals surface area contributed by atoms with Crippen LogP contribution >= 0.6 is 0 Å². The summed E-state index contributed by atoms with van der Waals surface area (Å²) in [5.74, 6) is -0.0340. The highest BCUT2D eigenvalue weighted by Crippen LogP contribution is 2.16. The van der Waals surface area contributed by atoms with Crippen molar-refractivity contribution in [2.24, 2.45) is 0 Å². The smallest absolute Gasteiger partial charge is 0.258 e. The number of rotatable bonds is 6. The summed E-state index contributed by atoms with van der Waals surface area (Å²) < 4.78 is 5.53. The number of carbonyl (C=O) groups is 2. The fraction of sp³-hybridized carbons (Fsp3) is 0.333. The molecular weight excluding hydrogens is 334 g/mol. The highest BCUT2D eigenvalue weighted by Gasteiger charge is 2.15. The third-order valence-electron chi connectivity index (χ3n) is 3.87. The van der Waals surface area contributed by atoms with Gasteiger partial charge in [0.05, 0.1) is 11.7 Å². The quantitative estimate of drug-likeness (QED) is 0.734. The summed E-state index contributed by atoms with van der Waals surface area (Å²) in [4.78, 5) is 31.7. The second kappa shape index (κ2) is 8.39. The van der Waals surface area contributed by atoms with Crippen LogP contribution in [0.5, 0.6) is 0 Å². The van der Waals surface area contributed by atoms with Crippen LogP contribution in [-0.2, 0) is 9.53 Å². The summed E-state index contributed by atoms with van der Waals surface area (Å²) in [7, 11) is 0. The van der Waals surface area contributed by atoms with Crippen molar-refractivity contribution >= 4 is 29.1 Å². The molecule has 1 aliphatic heterocycles. The van der Waals surface area contributed by atoms with Crippen molar-refractivity contribution in [1.29, 1.82) is 0 Å². The summed E-state index contributed by atoms with van der Waals surface area (Å²) in [5.41, 5.74) is 1.53. The zero-order chi connectivity index (χ0) is 18.4. The van der Waals surface area contributed by atoms with Crippen molar-refractivity contribution in [2.75, 3.05) is 29.1 Å². The summed E-state index contributed by atoms with van der Waals surface area (Å²) in [6.45, 7) is 2.88. The summed E-state index contributed by atoms with van der Waals surface area (Å²) in [5, 5.41) is 8.54. The fourth-order valence-corrected chi connectivity index (χ4v) is 2.63. The van der Waals surface area contributed by atoms with Gasteiger partial charge in [0.15, 0.2) is 0 Å². The van der Waals surface area contributed by atoms with Crippen LogP contribution in [0.15, 0.2) is 36.7 Å². The molecule has 1 unspecified atom stereocenters. The van der Waals surface area contributed by atoms with E-state index in [4.69, 9.17) is 4.74 Å². The predicted octanol–water partition coefficient (Wildman–Crippen LogP) is 2.28. The number of ether oxygens (including phenoxy) is 1. The predicted molar refractivity (Wildman–Crippen MR) is 98.2 cm³/mol. The van der Waals surface area contributed by atoms with Crippen molar-refractivity contribution in [3.63, 3.8) is 0 Å². The van der Waals surface area contributed by atoms with E-state index in [1.54, 1.807) is 24.3 Å². The number of aromatic nitrogens is 2. The summed E-state index contributed by atoms with van der Waals surface area (Å²) in [6.07, 6.45) is 5.24. The lowest BCUT2D eigenvalue weighted by Crippen LogP contribution is -2.20. The number of amides is 2. The maximum atomic E-state index is 12.3. The Balaban J connectivity index is 1.56. The first-order valence-corrected chi connectivity index (χ1v) is 8.47. The molecule has 1 atom stereocenters. The van der Waals surface area contributed by atoms with Crippen LogP contribution in [0.3, 0.4) is 0 Å². The number of hydrogen-bond acceptors (Lipinski definition) is 6. The molecule has 2 heterocycles. The summed E-state index contributed by atoms with van der Waals surface area (Å²) >= 11 is 0. The molecule has 0 saturated carbocycles. The second-order valence-corrected chi connectivity index (χ2v) is 6.03. The molecule has 3 rings (SSSR count). The number of nitrogens with one attached hydrogen (secondary N) is 3. The van der Waals surface area contributed by atoms with Crippen molar-refractivity contribution in [2.45, 2.75) is 25.9 Å². The van der Waals surface area contributed by atoms with Gasteiger partial charge < -0.3 is 20.7 Å². The Hall–Kier alpha value is -3.00. The molecule has 0 radical (unpaired) electrons. The molecule has 2 aromatic rings. The van der Waals surface area contributed by atoms with E-state index in [2.05, 4.69) is 25.9 Å². The summed E-state index contributed by atoms with van der Waals surface area (Å²) in [6, 6.07) is 6.91. The van der Waals surface area contributed by atoms with Gasteiger partial charge in [-0.3, -0.25) is 9.59 Å². The topological polar surface area (TPSA) is 105 Å². The minimum atomic E-state index is -0.323. The molecule has 0 aliphatic carbocycles.